The molecule has 0 bridgehead atoms. The fourth-order valence-corrected chi connectivity index (χ4v) is 2.13. The first-order chi connectivity index (χ1) is 7.08. The van der Waals surface area contributed by atoms with E-state index in [0.717, 1.165) is 17.8 Å². The van der Waals surface area contributed by atoms with E-state index in [9.17, 15) is 0 Å². The Morgan fingerprint density at radius 2 is 2.20 bits per heavy atom. The molecule has 80 valence electrons. The van der Waals surface area contributed by atoms with Gasteiger partial charge in [0.2, 0.25) is 0 Å². The molecule has 0 aliphatic heterocycles. The maximum absolute atomic E-state index is 5.92. The van der Waals surface area contributed by atoms with Crippen LogP contribution in [0.3, 0.4) is 0 Å². The molecule has 0 spiro atoms. The van der Waals surface area contributed by atoms with E-state index in [4.69, 9.17) is 5.73 Å². The quantitative estimate of drug-likeness (QED) is 0.866. The summed E-state index contributed by atoms with van der Waals surface area (Å²) in [7, 11) is 0. The molecule has 0 aliphatic rings. The van der Waals surface area contributed by atoms with Crippen molar-refractivity contribution in [3.63, 3.8) is 0 Å². The van der Waals surface area contributed by atoms with Crippen molar-refractivity contribution in [3.8, 4) is 0 Å². The van der Waals surface area contributed by atoms with E-state index < -0.39 is 0 Å². The van der Waals surface area contributed by atoms with Gasteiger partial charge in [0.15, 0.2) is 0 Å². The van der Waals surface area contributed by atoms with Gasteiger partial charge >= 0.3 is 0 Å². The van der Waals surface area contributed by atoms with Gasteiger partial charge in [0.1, 0.15) is 11.5 Å². The van der Waals surface area contributed by atoms with Crippen molar-refractivity contribution in [3.05, 3.63) is 27.6 Å². The molecule has 0 amide bonds. The number of nitrogens with two attached hydrogens (primary N) is 1. The zero-order valence-electron chi connectivity index (χ0n) is 8.87. The summed E-state index contributed by atoms with van der Waals surface area (Å²) in [5, 5.41) is 0. The molecule has 0 atom stereocenters. The summed E-state index contributed by atoms with van der Waals surface area (Å²) in [5.74, 6) is 1.25. The molecule has 2 aromatic heterocycles. The first-order valence-electron chi connectivity index (χ1n) is 5.00. The largest absolute Gasteiger partial charge is 0.382 e. The van der Waals surface area contributed by atoms with Gasteiger partial charge in [-0.1, -0.05) is 13.8 Å². The lowest BCUT2D eigenvalue weighted by Crippen LogP contribution is -2.02. The van der Waals surface area contributed by atoms with E-state index in [2.05, 4.69) is 52.0 Å². The van der Waals surface area contributed by atoms with Crippen LogP contribution in [0.15, 0.2) is 18.3 Å². The summed E-state index contributed by atoms with van der Waals surface area (Å²) in [6.07, 6.45) is 3.05. The lowest BCUT2D eigenvalue weighted by atomic mass is 10.1. The van der Waals surface area contributed by atoms with Crippen molar-refractivity contribution in [1.82, 2.24) is 9.38 Å². The smallest absolute Gasteiger partial charge is 0.145 e. The van der Waals surface area contributed by atoms with E-state index in [-0.39, 0.29) is 0 Å². The van der Waals surface area contributed by atoms with E-state index >= 15 is 0 Å². The Bertz CT molecular complexity index is 488. The first kappa shape index (κ1) is 10.7. The lowest BCUT2D eigenvalue weighted by molar-refractivity contribution is 0.633. The van der Waals surface area contributed by atoms with Gasteiger partial charge in [0, 0.05) is 9.77 Å². The number of fused-ring (bicyclic) bond motifs is 1. The summed E-state index contributed by atoms with van der Waals surface area (Å²) in [5.41, 5.74) is 7.97. The molecule has 2 heterocycles. The standard InChI is InChI=1S/C11H14IN3/c1-7(2)5-9-11(13)14-10-4-3-8(12)6-15(9)10/h3-4,6-7H,5,13H2,1-2H3. The highest BCUT2D eigenvalue weighted by atomic mass is 127. The van der Waals surface area contributed by atoms with E-state index in [1.807, 2.05) is 12.1 Å². The van der Waals surface area contributed by atoms with Crippen LogP contribution in [0.1, 0.15) is 19.5 Å². The predicted octanol–water partition coefficient (Wildman–Crippen LogP) is 2.72. The van der Waals surface area contributed by atoms with E-state index in [1.165, 1.54) is 3.57 Å². The Balaban J connectivity index is 2.60. The minimum absolute atomic E-state index is 0.588. The first-order valence-corrected chi connectivity index (χ1v) is 6.07. The number of nitrogens with zero attached hydrogens (tertiary/aromatic N) is 2. The number of hydrogen-bond acceptors (Lipinski definition) is 2. The Morgan fingerprint density at radius 3 is 2.87 bits per heavy atom. The molecule has 4 heteroatoms. The van der Waals surface area contributed by atoms with E-state index in [1.54, 1.807) is 0 Å². The molecule has 0 saturated carbocycles. The van der Waals surface area contributed by atoms with Crippen molar-refractivity contribution in [2.24, 2.45) is 5.92 Å². The normalized spacial score (nSPS) is 11.5. The van der Waals surface area contributed by atoms with Gasteiger partial charge in [-0.3, -0.25) is 0 Å². The Morgan fingerprint density at radius 1 is 1.47 bits per heavy atom. The summed E-state index contributed by atoms with van der Waals surface area (Å²) in [6, 6.07) is 4.05. The van der Waals surface area contributed by atoms with Crippen molar-refractivity contribution >= 4 is 34.1 Å². The average Bonchev–Trinajstić information content (AvgIpc) is 2.43. The van der Waals surface area contributed by atoms with Crippen LogP contribution in [0, 0.1) is 9.49 Å². The van der Waals surface area contributed by atoms with Crippen LogP contribution in [-0.2, 0) is 6.42 Å². The summed E-state index contributed by atoms with van der Waals surface area (Å²) in [4.78, 5) is 4.34. The number of nitrogen functional groups attached to an aromatic ring is 1. The molecule has 0 aliphatic carbocycles. The van der Waals surface area contributed by atoms with Gasteiger partial charge < -0.3 is 10.1 Å². The third kappa shape index (κ3) is 2.09. The SMILES string of the molecule is CC(C)Cc1c(N)nc2ccc(I)cn12. The van der Waals surface area contributed by atoms with Gasteiger partial charge in [0.25, 0.3) is 0 Å². The summed E-state index contributed by atoms with van der Waals surface area (Å²) in [6.45, 7) is 4.37. The van der Waals surface area contributed by atoms with Crippen LogP contribution in [-0.4, -0.2) is 9.38 Å². The molecular weight excluding hydrogens is 301 g/mol. The highest BCUT2D eigenvalue weighted by molar-refractivity contribution is 14.1. The fraction of sp³-hybridized carbons (Fsp3) is 0.364. The van der Waals surface area contributed by atoms with Gasteiger partial charge in [0.05, 0.1) is 5.69 Å². The average molecular weight is 315 g/mol. The molecule has 0 unspecified atom stereocenters. The number of pyridine rings is 1. The van der Waals surface area contributed by atoms with Gasteiger partial charge in [-0.25, -0.2) is 4.98 Å². The van der Waals surface area contributed by atoms with Crippen LogP contribution in [0.2, 0.25) is 0 Å². The molecule has 2 N–H and O–H groups in total. The molecule has 0 radical (unpaired) electrons. The molecule has 2 aromatic rings. The molecule has 2 rings (SSSR count). The van der Waals surface area contributed by atoms with Gasteiger partial charge in [-0.2, -0.15) is 0 Å². The minimum atomic E-state index is 0.588. The second-order valence-corrected chi connectivity index (χ2v) is 5.36. The highest BCUT2D eigenvalue weighted by Gasteiger charge is 2.10. The number of halogens is 1. The van der Waals surface area contributed by atoms with Crippen molar-refractivity contribution in [2.75, 3.05) is 5.73 Å². The second kappa shape index (κ2) is 4.00. The molecular formula is C11H14IN3. The van der Waals surface area contributed by atoms with Gasteiger partial charge in [-0.15, -0.1) is 0 Å². The number of anilines is 1. The number of imidazole rings is 1. The van der Waals surface area contributed by atoms with Crippen LogP contribution in [0.4, 0.5) is 5.82 Å². The van der Waals surface area contributed by atoms with E-state index in [0.29, 0.717) is 11.7 Å². The fourth-order valence-electron chi connectivity index (χ4n) is 1.68. The molecule has 0 fully saturated rings. The third-order valence-corrected chi connectivity index (χ3v) is 2.95. The van der Waals surface area contributed by atoms with Crippen LogP contribution >= 0.6 is 22.6 Å². The van der Waals surface area contributed by atoms with Crippen molar-refractivity contribution in [1.29, 1.82) is 0 Å². The zero-order chi connectivity index (χ0) is 11.0. The van der Waals surface area contributed by atoms with Crippen LogP contribution in [0.25, 0.3) is 5.65 Å². The maximum atomic E-state index is 5.92. The Kier molecular flexibility index (Phi) is 2.86. The monoisotopic (exact) mass is 315 g/mol. The number of hydrogen-bond donors (Lipinski definition) is 1. The van der Waals surface area contributed by atoms with Crippen molar-refractivity contribution < 1.29 is 0 Å². The summed E-state index contributed by atoms with van der Waals surface area (Å²) < 4.78 is 3.29. The summed E-state index contributed by atoms with van der Waals surface area (Å²) >= 11 is 2.30. The Hall–Kier alpha value is -0.780. The lowest BCUT2D eigenvalue weighted by Gasteiger charge is -2.05. The maximum Gasteiger partial charge on any atom is 0.145 e. The Labute approximate surface area is 103 Å². The predicted molar refractivity (Wildman–Crippen MR) is 70.9 cm³/mol. The minimum Gasteiger partial charge on any atom is -0.382 e. The molecule has 0 saturated heterocycles. The van der Waals surface area contributed by atoms with Crippen molar-refractivity contribution in [2.45, 2.75) is 20.3 Å². The second-order valence-electron chi connectivity index (χ2n) is 4.12. The molecule has 3 nitrogen and oxygen atoms in total. The van der Waals surface area contributed by atoms with Crippen LogP contribution < -0.4 is 5.73 Å². The molecule has 0 aromatic carbocycles. The topological polar surface area (TPSA) is 43.3 Å². The number of aromatic nitrogens is 2. The third-order valence-electron chi connectivity index (χ3n) is 2.31. The van der Waals surface area contributed by atoms with Crippen LogP contribution in [0.5, 0.6) is 0 Å². The zero-order valence-corrected chi connectivity index (χ0v) is 11.0. The number of rotatable bonds is 2. The molecule has 15 heavy (non-hydrogen) atoms. The van der Waals surface area contributed by atoms with Gasteiger partial charge in [-0.05, 0) is 47.1 Å². The highest BCUT2D eigenvalue weighted by Crippen LogP contribution is 2.19.